The Morgan fingerprint density at radius 1 is 1.14 bits per heavy atom. The highest BCUT2D eigenvalue weighted by molar-refractivity contribution is 5.26. The summed E-state index contributed by atoms with van der Waals surface area (Å²) in [6.07, 6.45) is -3.65. The quantitative estimate of drug-likeness (QED) is 0.667. The third-order valence-electron chi connectivity index (χ3n) is 1.48. The van der Waals surface area contributed by atoms with Crippen molar-refractivity contribution >= 4 is 0 Å². The lowest BCUT2D eigenvalue weighted by Crippen LogP contribution is -2.01. The lowest BCUT2D eigenvalue weighted by Gasteiger charge is -2.01. The SMILES string of the molecule is Cc1ccc(O/C=C\C(F)(F)F)cc1. The molecule has 1 aromatic rings. The van der Waals surface area contributed by atoms with Crippen LogP contribution in [0.25, 0.3) is 0 Å². The van der Waals surface area contributed by atoms with E-state index in [0.29, 0.717) is 12.0 Å². The number of ether oxygens (including phenoxy) is 1. The van der Waals surface area contributed by atoms with Gasteiger partial charge in [-0.2, -0.15) is 13.2 Å². The van der Waals surface area contributed by atoms with Gasteiger partial charge in [-0.1, -0.05) is 17.7 Å². The van der Waals surface area contributed by atoms with Crippen molar-refractivity contribution in [3.05, 3.63) is 42.2 Å². The molecule has 0 amide bonds. The van der Waals surface area contributed by atoms with Crippen molar-refractivity contribution in [1.82, 2.24) is 0 Å². The number of allylic oxidation sites excluding steroid dienone is 1. The van der Waals surface area contributed by atoms with E-state index in [1.54, 1.807) is 24.3 Å². The first-order chi connectivity index (χ1) is 6.47. The molecule has 0 aliphatic heterocycles. The topological polar surface area (TPSA) is 9.23 Å². The Hall–Kier alpha value is -1.45. The van der Waals surface area contributed by atoms with Gasteiger partial charge in [-0.25, -0.2) is 0 Å². The average Bonchev–Trinajstić information content (AvgIpc) is 2.06. The van der Waals surface area contributed by atoms with Crippen molar-refractivity contribution in [2.45, 2.75) is 13.1 Å². The maximum absolute atomic E-state index is 11.7. The van der Waals surface area contributed by atoms with E-state index in [2.05, 4.69) is 0 Å². The molecule has 76 valence electrons. The zero-order valence-electron chi connectivity index (χ0n) is 7.51. The third kappa shape index (κ3) is 3.98. The molecule has 0 fully saturated rings. The molecule has 0 saturated carbocycles. The molecule has 0 radical (unpaired) electrons. The van der Waals surface area contributed by atoms with Gasteiger partial charge in [0.15, 0.2) is 0 Å². The van der Waals surface area contributed by atoms with Gasteiger partial charge in [0.1, 0.15) is 5.75 Å². The number of benzene rings is 1. The van der Waals surface area contributed by atoms with Crippen molar-refractivity contribution in [3.8, 4) is 5.75 Å². The zero-order chi connectivity index (χ0) is 10.6. The summed E-state index contributed by atoms with van der Waals surface area (Å²) in [7, 11) is 0. The number of aryl methyl sites for hydroxylation is 1. The summed E-state index contributed by atoms with van der Waals surface area (Å²) in [6.45, 7) is 1.88. The normalized spacial score (nSPS) is 12.0. The predicted molar refractivity (Wildman–Crippen MR) is 47.0 cm³/mol. The summed E-state index contributed by atoms with van der Waals surface area (Å²) in [5.74, 6) is 0.385. The lowest BCUT2D eigenvalue weighted by molar-refractivity contribution is -0.0809. The maximum Gasteiger partial charge on any atom is 0.412 e. The molecule has 14 heavy (non-hydrogen) atoms. The van der Waals surface area contributed by atoms with Crippen LogP contribution in [0.3, 0.4) is 0 Å². The molecule has 0 aromatic heterocycles. The molecule has 0 aliphatic carbocycles. The number of hydrogen-bond acceptors (Lipinski definition) is 1. The van der Waals surface area contributed by atoms with E-state index in [9.17, 15) is 13.2 Å². The molecule has 1 nitrogen and oxygen atoms in total. The second-order valence-corrected chi connectivity index (χ2v) is 2.78. The Bertz CT molecular complexity index is 311. The highest BCUT2D eigenvalue weighted by atomic mass is 19.4. The van der Waals surface area contributed by atoms with Crippen molar-refractivity contribution in [1.29, 1.82) is 0 Å². The van der Waals surface area contributed by atoms with Gasteiger partial charge in [-0.05, 0) is 19.1 Å². The maximum atomic E-state index is 11.7. The van der Waals surface area contributed by atoms with Gasteiger partial charge in [0.25, 0.3) is 0 Å². The van der Waals surface area contributed by atoms with Crippen LogP contribution in [-0.2, 0) is 0 Å². The molecular formula is C10H9F3O. The smallest absolute Gasteiger partial charge is 0.412 e. The van der Waals surface area contributed by atoms with E-state index < -0.39 is 6.18 Å². The van der Waals surface area contributed by atoms with Gasteiger partial charge in [-0.3, -0.25) is 0 Å². The second kappa shape index (κ2) is 4.17. The van der Waals surface area contributed by atoms with Gasteiger partial charge < -0.3 is 4.74 Å². The Morgan fingerprint density at radius 2 is 1.71 bits per heavy atom. The fourth-order valence-corrected chi connectivity index (χ4v) is 0.807. The number of hydrogen-bond donors (Lipinski definition) is 0. The van der Waals surface area contributed by atoms with Crippen molar-refractivity contribution in [2.75, 3.05) is 0 Å². The highest BCUT2D eigenvalue weighted by Gasteiger charge is 2.22. The van der Waals surface area contributed by atoms with Crippen LogP contribution in [0.5, 0.6) is 5.75 Å². The van der Waals surface area contributed by atoms with E-state index in [-0.39, 0.29) is 6.08 Å². The van der Waals surface area contributed by atoms with Crippen LogP contribution in [0, 0.1) is 6.92 Å². The van der Waals surface area contributed by atoms with Gasteiger partial charge >= 0.3 is 6.18 Å². The van der Waals surface area contributed by atoms with Crippen LogP contribution in [0.15, 0.2) is 36.6 Å². The van der Waals surface area contributed by atoms with Gasteiger partial charge in [0, 0.05) is 0 Å². The van der Waals surface area contributed by atoms with Crippen LogP contribution in [0.1, 0.15) is 5.56 Å². The Morgan fingerprint density at radius 3 is 2.21 bits per heavy atom. The van der Waals surface area contributed by atoms with Crippen LogP contribution >= 0.6 is 0 Å². The molecule has 1 aromatic carbocycles. The highest BCUT2D eigenvalue weighted by Crippen LogP contribution is 2.17. The third-order valence-corrected chi connectivity index (χ3v) is 1.48. The monoisotopic (exact) mass is 202 g/mol. The second-order valence-electron chi connectivity index (χ2n) is 2.78. The molecule has 0 spiro atoms. The van der Waals surface area contributed by atoms with Crippen molar-refractivity contribution in [2.24, 2.45) is 0 Å². The average molecular weight is 202 g/mol. The number of alkyl halides is 3. The minimum absolute atomic E-state index is 0.0485. The standard InChI is InChI=1S/C10H9F3O/c1-8-2-4-9(5-3-8)14-7-6-10(11,12)13/h2-7H,1H3/b7-6-. The van der Waals surface area contributed by atoms with Crippen LogP contribution < -0.4 is 4.74 Å². The van der Waals surface area contributed by atoms with Crippen LogP contribution in [0.2, 0.25) is 0 Å². The number of rotatable bonds is 2. The Balaban J connectivity index is 2.54. The van der Waals surface area contributed by atoms with Crippen LogP contribution in [0.4, 0.5) is 13.2 Å². The molecular weight excluding hydrogens is 193 g/mol. The summed E-state index contributed by atoms with van der Waals surface area (Å²) in [5, 5.41) is 0. The van der Waals surface area contributed by atoms with Crippen LogP contribution in [-0.4, -0.2) is 6.18 Å². The summed E-state index contributed by atoms with van der Waals surface area (Å²) in [5.41, 5.74) is 1.03. The molecule has 0 aliphatic rings. The Kier molecular flexibility index (Phi) is 3.17. The fraction of sp³-hybridized carbons (Fsp3) is 0.200. The van der Waals surface area contributed by atoms with Gasteiger partial charge in [0.05, 0.1) is 12.3 Å². The molecule has 0 atom stereocenters. The predicted octanol–water partition coefficient (Wildman–Crippen LogP) is 3.45. The number of halogens is 3. The molecule has 0 heterocycles. The van der Waals surface area contributed by atoms with Crippen molar-refractivity contribution in [3.63, 3.8) is 0 Å². The largest absolute Gasteiger partial charge is 0.465 e. The minimum atomic E-state index is -4.33. The molecule has 0 unspecified atom stereocenters. The summed E-state index contributed by atoms with van der Waals surface area (Å²) in [4.78, 5) is 0. The van der Waals surface area contributed by atoms with E-state index in [1.165, 1.54) is 0 Å². The molecule has 4 heteroatoms. The van der Waals surface area contributed by atoms with E-state index in [0.717, 1.165) is 5.56 Å². The first kappa shape index (κ1) is 10.6. The summed E-state index contributed by atoms with van der Waals surface area (Å²) >= 11 is 0. The van der Waals surface area contributed by atoms with E-state index in [4.69, 9.17) is 4.74 Å². The summed E-state index contributed by atoms with van der Waals surface area (Å²) in [6, 6.07) is 6.74. The molecule has 1 rings (SSSR count). The summed E-state index contributed by atoms with van der Waals surface area (Å²) < 4.78 is 39.7. The lowest BCUT2D eigenvalue weighted by atomic mass is 10.2. The van der Waals surface area contributed by atoms with Gasteiger partial charge in [0.2, 0.25) is 0 Å². The molecule has 0 saturated heterocycles. The first-order valence-corrected chi connectivity index (χ1v) is 3.95. The minimum Gasteiger partial charge on any atom is -0.465 e. The van der Waals surface area contributed by atoms with Gasteiger partial charge in [-0.15, -0.1) is 0 Å². The van der Waals surface area contributed by atoms with E-state index >= 15 is 0 Å². The molecule has 0 bridgehead atoms. The Labute approximate surface area is 79.8 Å². The first-order valence-electron chi connectivity index (χ1n) is 3.95. The van der Waals surface area contributed by atoms with Crippen molar-refractivity contribution < 1.29 is 17.9 Å². The zero-order valence-corrected chi connectivity index (χ0v) is 7.51. The molecule has 0 N–H and O–H groups in total. The van der Waals surface area contributed by atoms with E-state index in [1.807, 2.05) is 6.92 Å². The fourth-order valence-electron chi connectivity index (χ4n) is 0.807.